The Balaban J connectivity index is 1.87. The van der Waals surface area contributed by atoms with Crippen LogP contribution in [0.5, 0.6) is 0 Å². The summed E-state index contributed by atoms with van der Waals surface area (Å²) >= 11 is 1.72. The zero-order valence-corrected chi connectivity index (χ0v) is 16.9. The van der Waals surface area contributed by atoms with Crippen LogP contribution in [0.4, 0.5) is 5.69 Å². The van der Waals surface area contributed by atoms with Crippen molar-refractivity contribution in [3.05, 3.63) is 51.7 Å². The molecule has 140 valence electrons. The van der Waals surface area contributed by atoms with Gasteiger partial charge in [0, 0.05) is 12.7 Å². The van der Waals surface area contributed by atoms with Crippen LogP contribution in [0.1, 0.15) is 22.9 Å². The second kappa shape index (κ2) is 8.96. The first kappa shape index (κ1) is 20.1. The van der Waals surface area contributed by atoms with Gasteiger partial charge >= 0.3 is 0 Å². The highest BCUT2D eigenvalue weighted by atomic mass is 32.1. The third-order valence-electron chi connectivity index (χ3n) is 4.61. The van der Waals surface area contributed by atoms with Crippen molar-refractivity contribution in [2.45, 2.75) is 33.4 Å². The van der Waals surface area contributed by atoms with Crippen LogP contribution in [-0.4, -0.2) is 43.4 Å². The zero-order chi connectivity index (χ0) is 19.3. The summed E-state index contributed by atoms with van der Waals surface area (Å²) in [5, 5.41) is 4.90. The summed E-state index contributed by atoms with van der Waals surface area (Å²) < 4.78 is 0. The van der Waals surface area contributed by atoms with E-state index in [9.17, 15) is 9.59 Å². The molecule has 0 fully saturated rings. The number of rotatable bonds is 7. The Morgan fingerprint density at radius 3 is 2.42 bits per heavy atom. The second-order valence-electron chi connectivity index (χ2n) is 6.88. The maximum absolute atomic E-state index is 12.7. The Morgan fingerprint density at radius 1 is 1.19 bits per heavy atom. The van der Waals surface area contributed by atoms with Crippen molar-refractivity contribution >= 4 is 28.8 Å². The van der Waals surface area contributed by atoms with E-state index in [1.807, 2.05) is 45.2 Å². The molecule has 2 N–H and O–H groups in total. The fourth-order valence-electron chi connectivity index (χ4n) is 2.66. The predicted octanol–water partition coefficient (Wildman–Crippen LogP) is 1.87. The van der Waals surface area contributed by atoms with Crippen molar-refractivity contribution in [1.29, 1.82) is 0 Å². The number of benzene rings is 1. The number of hydrogen-bond acceptors (Lipinski definition) is 3. The van der Waals surface area contributed by atoms with Crippen LogP contribution in [0.2, 0.25) is 0 Å². The quantitative estimate of drug-likeness (QED) is 0.777. The number of aryl methyl sites for hydroxylation is 2. The number of carbonyl (C=O) groups is 2. The van der Waals surface area contributed by atoms with Gasteiger partial charge in [-0.3, -0.25) is 9.59 Å². The number of likely N-dealkylation sites (N-methyl/N-ethyl adjacent to an activating group) is 2. The van der Waals surface area contributed by atoms with E-state index in [2.05, 4.69) is 23.7 Å². The molecule has 26 heavy (non-hydrogen) atoms. The van der Waals surface area contributed by atoms with Gasteiger partial charge in [-0.05, 0) is 49.9 Å². The van der Waals surface area contributed by atoms with Gasteiger partial charge in [-0.15, -0.1) is 11.3 Å². The summed E-state index contributed by atoms with van der Waals surface area (Å²) in [7, 11) is 3.69. The highest BCUT2D eigenvalue weighted by Crippen LogP contribution is 2.14. The number of thiophene rings is 1. The highest BCUT2D eigenvalue weighted by molar-refractivity contribution is 7.10. The molecule has 0 aliphatic carbocycles. The molecule has 0 saturated heterocycles. The Bertz CT molecular complexity index is 755. The molecule has 2 atom stereocenters. The van der Waals surface area contributed by atoms with Crippen LogP contribution < -0.4 is 10.2 Å². The van der Waals surface area contributed by atoms with Crippen LogP contribution >= 0.6 is 11.3 Å². The standard InChI is InChI=1S/C20H27N3O2S/c1-14-6-8-17(9-7-14)21-19(24)13-23(5)20(25)16(3)22(4)12-18-15(2)10-11-26-18/h6-11,16H,12-13H2,1-5H3,(H,21,24)/p+1/t16-/m0/s1. The third kappa shape index (κ3) is 5.41. The molecule has 0 aliphatic rings. The van der Waals surface area contributed by atoms with Gasteiger partial charge in [0.25, 0.3) is 5.91 Å². The molecule has 0 radical (unpaired) electrons. The summed E-state index contributed by atoms with van der Waals surface area (Å²) in [5.74, 6) is -0.223. The van der Waals surface area contributed by atoms with Crippen molar-refractivity contribution in [2.24, 2.45) is 0 Å². The molecule has 1 heterocycles. The van der Waals surface area contributed by atoms with Crippen molar-refractivity contribution in [3.8, 4) is 0 Å². The maximum Gasteiger partial charge on any atom is 0.280 e. The fourth-order valence-corrected chi connectivity index (χ4v) is 3.67. The molecule has 6 heteroatoms. The number of carbonyl (C=O) groups excluding carboxylic acids is 2. The van der Waals surface area contributed by atoms with Crippen LogP contribution in [0.3, 0.4) is 0 Å². The highest BCUT2D eigenvalue weighted by Gasteiger charge is 2.26. The van der Waals surface area contributed by atoms with Crippen LogP contribution in [0.25, 0.3) is 0 Å². The molecule has 1 unspecified atom stereocenters. The molecule has 0 aliphatic heterocycles. The topological polar surface area (TPSA) is 53.9 Å². The second-order valence-corrected chi connectivity index (χ2v) is 7.88. The number of anilines is 1. The average Bonchev–Trinajstić information content (AvgIpc) is 3.00. The molecule has 2 aromatic rings. The van der Waals surface area contributed by atoms with Crippen molar-refractivity contribution < 1.29 is 14.5 Å². The molecule has 2 amide bonds. The lowest BCUT2D eigenvalue weighted by Crippen LogP contribution is -3.12. The fraction of sp³-hybridized carbons (Fsp3) is 0.400. The number of hydrogen-bond donors (Lipinski definition) is 2. The predicted molar refractivity (Wildman–Crippen MR) is 107 cm³/mol. The van der Waals surface area contributed by atoms with Crippen molar-refractivity contribution in [2.75, 3.05) is 26.0 Å². The first-order chi connectivity index (χ1) is 12.3. The number of nitrogens with one attached hydrogen (secondary N) is 2. The Kier molecular flexibility index (Phi) is 6.94. The lowest BCUT2D eigenvalue weighted by atomic mass is 10.2. The summed E-state index contributed by atoms with van der Waals surface area (Å²) in [5.41, 5.74) is 3.14. The molecule has 0 bridgehead atoms. The Morgan fingerprint density at radius 2 is 1.85 bits per heavy atom. The molecule has 2 rings (SSSR count). The monoisotopic (exact) mass is 374 g/mol. The molecule has 5 nitrogen and oxygen atoms in total. The minimum absolute atomic E-state index is 0.0317. The summed E-state index contributed by atoms with van der Waals surface area (Å²) in [4.78, 5) is 28.8. The van der Waals surface area contributed by atoms with Gasteiger partial charge in [0.1, 0.15) is 6.54 Å². The zero-order valence-electron chi connectivity index (χ0n) is 16.1. The number of amides is 2. The minimum Gasteiger partial charge on any atom is -0.331 e. The van der Waals surface area contributed by atoms with E-state index in [0.717, 1.165) is 22.7 Å². The van der Waals surface area contributed by atoms with Gasteiger partial charge in [0.15, 0.2) is 6.04 Å². The Hall–Kier alpha value is -2.18. The molecular weight excluding hydrogens is 346 g/mol. The third-order valence-corrected chi connectivity index (χ3v) is 5.63. The average molecular weight is 375 g/mol. The maximum atomic E-state index is 12.7. The van der Waals surface area contributed by atoms with Gasteiger partial charge in [-0.25, -0.2) is 0 Å². The van der Waals surface area contributed by atoms with E-state index in [-0.39, 0.29) is 24.4 Å². The van der Waals surface area contributed by atoms with E-state index in [1.54, 1.807) is 18.4 Å². The van der Waals surface area contributed by atoms with Crippen LogP contribution in [0, 0.1) is 13.8 Å². The molecule has 1 aromatic carbocycles. The SMILES string of the molecule is Cc1ccc(NC(=O)CN(C)C(=O)[C@H](C)[NH+](C)Cc2sccc2C)cc1. The van der Waals surface area contributed by atoms with E-state index >= 15 is 0 Å². The number of quaternary nitrogens is 1. The largest absolute Gasteiger partial charge is 0.331 e. The first-order valence-corrected chi connectivity index (χ1v) is 9.62. The molecular formula is C20H28N3O2S+. The van der Waals surface area contributed by atoms with E-state index in [4.69, 9.17) is 0 Å². The van der Waals surface area contributed by atoms with Gasteiger partial charge in [-0.1, -0.05) is 17.7 Å². The smallest absolute Gasteiger partial charge is 0.280 e. The summed E-state index contributed by atoms with van der Waals surface area (Å²) in [6, 6.07) is 9.49. The molecule has 0 spiro atoms. The van der Waals surface area contributed by atoms with Gasteiger partial charge in [0.05, 0.1) is 18.5 Å². The normalized spacial score (nSPS) is 13.1. The van der Waals surface area contributed by atoms with Gasteiger partial charge in [0.2, 0.25) is 5.91 Å². The molecule has 1 aromatic heterocycles. The van der Waals surface area contributed by atoms with E-state index in [1.165, 1.54) is 15.3 Å². The van der Waals surface area contributed by atoms with Crippen molar-refractivity contribution in [1.82, 2.24) is 4.90 Å². The summed E-state index contributed by atoms with van der Waals surface area (Å²) in [6.45, 7) is 6.85. The van der Waals surface area contributed by atoms with Crippen LogP contribution in [-0.2, 0) is 16.1 Å². The lowest BCUT2D eigenvalue weighted by molar-refractivity contribution is -0.908. The first-order valence-electron chi connectivity index (χ1n) is 8.74. The minimum atomic E-state index is -0.214. The molecule has 0 saturated carbocycles. The number of nitrogens with zero attached hydrogens (tertiary/aromatic N) is 1. The van der Waals surface area contributed by atoms with E-state index < -0.39 is 0 Å². The van der Waals surface area contributed by atoms with Crippen molar-refractivity contribution in [3.63, 3.8) is 0 Å². The Labute approximate surface area is 159 Å². The summed E-state index contributed by atoms with van der Waals surface area (Å²) in [6.07, 6.45) is 0. The lowest BCUT2D eigenvalue weighted by Gasteiger charge is -2.25. The van der Waals surface area contributed by atoms with Gasteiger partial charge in [-0.2, -0.15) is 0 Å². The van der Waals surface area contributed by atoms with Gasteiger partial charge < -0.3 is 15.1 Å². The van der Waals surface area contributed by atoms with E-state index in [0.29, 0.717) is 0 Å². The van der Waals surface area contributed by atoms with Crippen LogP contribution in [0.15, 0.2) is 35.7 Å².